The van der Waals surface area contributed by atoms with E-state index in [0.29, 0.717) is 6.07 Å². The average Bonchev–Trinajstić information content (AvgIpc) is 2.58. The molecule has 1 atom stereocenters. The van der Waals surface area contributed by atoms with Crippen LogP contribution in [0.4, 0.5) is 8.78 Å². The lowest BCUT2D eigenvalue weighted by molar-refractivity contribution is -0.00261. The maximum Gasteiger partial charge on any atom is 0.246 e. The van der Waals surface area contributed by atoms with E-state index in [4.69, 9.17) is 4.74 Å². The van der Waals surface area contributed by atoms with Crippen molar-refractivity contribution in [2.75, 3.05) is 19.7 Å². The van der Waals surface area contributed by atoms with Crippen molar-refractivity contribution in [1.82, 2.24) is 4.31 Å². The molecule has 1 saturated heterocycles. The van der Waals surface area contributed by atoms with Crippen molar-refractivity contribution in [3.05, 3.63) is 65.7 Å². The highest BCUT2D eigenvalue weighted by atomic mass is 32.2. The number of sulfonamides is 1. The lowest BCUT2D eigenvalue weighted by atomic mass is 10.1. The summed E-state index contributed by atoms with van der Waals surface area (Å²) in [5, 5.41) is 0. The summed E-state index contributed by atoms with van der Waals surface area (Å²) in [4.78, 5) is -0.647. The Morgan fingerprint density at radius 1 is 1.09 bits per heavy atom. The molecule has 1 heterocycles. The first-order chi connectivity index (χ1) is 11.0. The smallest absolute Gasteiger partial charge is 0.246 e. The molecule has 2 aromatic carbocycles. The summed E-state index contributed by atoms with van der Waals surface area (Å²) in [6, 6.07) is 11.6. The number of rotatable bonds is 3. The molecule has 0 aliphatic carbocycles. The van der Waals surface area contributed by atoms with Gasteiger partial charge in [-0.3, -0.25) is 0 Å². The van der Waals surface area contributed by atoms with Crippen LogP contribution >= 0.6 is 0 Å². The molecule has 0 bridgehead atoms. The Morgan fingerprint density at radius 2 is 1.83 bits per heavy atom. The van der Waals surface area contributed by atoms with Gasteiger partial charge in [-0.25, -0.2) is 17.2 Å². The van der Waals surface area contributed by atoms with Crippen molar-refractivity contribution in [1.29, 1.82) is 0 Å². The molecule has 0 N–H and O–H groups in total. The van der Waals surface area contributed by atoms with Gasteiger partial charge in [-0.15, -0.1) is 0 Å². The number of hydrogen-bond acceptors (Lipinski definition) is 3. The second-order valence-electron chi connectivity index (χ2n) is 5.21. The summed E-state index contributed by atoms with van der Waals surface area (Å²) in [6.45, 7) is 0.347. The van der Waals surface area contributed by atoms with Crippen molar-refractivity contribution in [2.45, 2.75) is 11.0 Å². The number of halogens is 2. The lowest BCUT2D eigenvalue weighted by Gasteiger charge is -2.32. The van der Waals surface area contributed by atoms with Crippen LogP contribution in [0.15, 0.2) is 53.4 Å². The molecule has 1 aliphatic rings. The Bertz CT molecular complexity index is 796. The molecule has 0 unspecified atom stereocenters. The highest BCUT2D eigenvalue weighted by Crippen LogP contribution is 2.27. The minimum absolute atomic E-state index is 0.0578. The Hall–Kier alpha value is -1.83. The molecule has 0 aromatic heterocycles. The first kappa shape index (κ1) is 16.0. The summed E-state index contributed by atoms with van der Waals surface area (Å²) >= 11 is 0. The van der Waals surface area contributed by atoms with E-state index in [1.165, 1.54) is 0 Å². The molecule has 1 fully saturated rings. The van der Waals surface area contributed by atoms with Gasteiger partial charge in [0, 0.05) is 13.1 Å². The molecule has 0 spiro atoms. The van der Waals surface area contributed by atoms with E-state index >= 15 is 0 Å². The van der Waals surface area contributed by atoms with E-state index in [0.717, 1.165) is 22.0 Å². The van der Waals surface area contributed by atoms with E-state index < -0.39 is 32.7 Å². The maximum atomic E-state index is 13.8. The number of benzene rings is 2. The molecule has 1 aliphatic heterocycles. The van der Waals surface area contributed by atoms with Crippen LogP contribution in [0.2, 0.25) is 0 Å². The van der Waals surface area contributed by atoms with Gasteiger partial charge in [0.25, 0.3) is 0 Å². The van der Waals surface area contributed by atoms with Gasteiger partial charge in [-0.05, 0) is 23.8 Å². The Morgan fingerprint density at radius 3 is 2.57 bits per heavy atom. The van der Waals surface area contributed by atoms with E-state index in [-0.39, 0.29) is 19.7 Å². The summed E-state index contributed by atoms with van der Waals surface area (Å²) in [5.41, 5.74) is 0.840. The maximum absolute atomic E-state index is 13.8. The molecular formula is C16H15F2NO3S. The fraction of sp³-hybridized carbons (Fsp3) is 0.250. The van der Waals surface area contributed by atoms with Gasteiger partial charge in [-0.1, -0.05) is 30.3 Å². The minimum Gasteiger partial charge on any atom is -0.371 e. The molecule has 0 radical (unpaired) electrons. The van der Waals surface area contributed by atoms with Gasteiger partial charge in [0.1, 0.15) is 16.5 Å². The quantitative estimate of drug-likeness (QED) is 0.864. The summed E-state index contributed by atoms with van der Waals surface area (Å²) in [5.74, 6) is -1.76. The van der Waals surface area contributed by atoms with Gasteiger partial charge in [0.05, 0.1) is 12.7 Å². The van der Waals surface area contributed by atoms with Crippen LogP contribution in [-0.4, -0.2) is 32.4 Å². The highest BCUT2D eigenvalue weighted by molar-refractivity contribution is 7.89. The van der Waals surface area contributed by atoms with Crippen molar-refractivity contribution in [3.63, 3.8) is 0 Å². The Kier molecular flexibility index (Phi) is 4.43. The molecule has 3 rings (SSSR count). The Labute approximate surface area is 133 Å². The number of ether oxygens (including phenoxy) is 1. The predicted molar refractivity (Wildman–Crippen MR) is 80.3 cm³/mol. The van der Waals surface area contributed by atoms with Crippen LogP contribution in [0.25, 0.3) is 0 Å². The number of hydrogen-bond donors (Lipinski definition) is 0. The highest BCUT2D eigenvalue weighted by Gasteiger charge is 2.33. The van der Waals surface area contributed by atoms with E-state index in [1.54, 1.807) is 0 Å². The molecule has 7 heteroatoms. The molecule has 122 valence electrons. The molecule has 4 nitrogen and oxygen atoms in total. The SMILES string of the molecule is O=S(=O)(c1cc(F)ccc1F)N1CCO[C@@H](c2ccccc2)C1. The molecular weight excluding hydrogens is 324 g/mol. The van der Waals surface area contributed by atoms with Gasteiger partial charge >= 0.3 is 0 Å². The molecule has 2 aromatic rings. The fourth-order valence-electron chi connectivity index (χ4n) is 2.53. The minimum atomic E-state index is -4.12. The van der Waals surface area contributed by atoms with Crippen LogP contribution in [0.3, 0.4) is 0 Å². The standard InChI is InChI=1S/C16H15F2NO3S/c17-13-6-7-14(18)16(10-13)23(20,21)19-8-9-22-15(11-19)12-4-2-1-3-5-12/h1-7,10,15H,8-9,11H2/t15-/m1/s1. The molecule has 0 saturated carbocycles. The predicted octanol–water partition coefficient (Wildman–Crippen LogP) is 2.73. The second-order valence-corrected chi connectivity index (χ2v) is 7.11. The Balaban J connectivity index is 1.90. The van der Waals surface area contributed by atoms with Crippen LogP contribution < -0.4 is 0 Å². The van der Waals surface area contributed by atoms with Crippen LogP contribution in [0.5, 0.6) is 0 Å². The van der Waals surface area contributed by atoms with Crippen molar-refractivity contribution in [3.8, 4) is 0 Å². The van der Waals surface area contributed by atoms with Gasteiger partial charge < -0.3 is 4.74 Å². The summed E-state index contributed by atoms with van der Waals surface area (Å²) < 4.78 is 59.1. The monoisotopic (exact) mass is 339 g/mol. The van der Waals surface area contributed by atoms with E-state index in [2.05, 4.69) is 0 Å². The van der Waals surface area contributed by atoms with Crippen LogP contribution in [-0.2, 0) is 14.8 Å². The third-order valence-corrected chi connectivity index (χ3v) is 5.59. The first-order valence-corrected chi connectivity index (χ1v) is 8.54. The zero-order valence-electron chi connectivity index (χ0n) is 12.2. The van der Waals surface area contributed by atoms with Gasteiger partial charge in [0.2, 0.25) is 10.0 Å². The van der Waals surface area contributed by atoms with Crippen molar-refractivity contribution in [2.24, 2.45) is 0 Å². The number of morpholine rings is 1. The topological polar surface area (TPSA) is 46.6 Å². The third kappa shape index (κ3) is 3.26. The normalized spacial score (nSPS) is 19.7. The van der Waals surface area contributed by atoms with Crippen LogP contribution in [0.1, 0.15) is 11.7 Å². The molecule has 0 amide bonds. The van der Waals surface area contributed by atoms with E-state index in [1.807, 2.05) is 30.3 Å². The molecule has 23 heavy (non-hydrogen) atoms. The fourth-order valence-corrected chi connectivity index (χ4v) is 4.03. The third-order valence-electron chi connectivity index (χ3n) is 3.71. The van der Waals surface area contributed by atoms with E-state index in [9.17, 15) is 17.2 Å². The van der Waals surface area contributed by atoms with Crippen molar-refractivity contribution >= 4 is 10.0 Å². The van der Waals surface area contributed by atoms with Crippen LogP contribution in [0, 0.1) is 11.6 Å². The van der Waals surface area contributed by atoms with Gasteiger partial charge in [-0.2, -0.15) is 4.31 Å². The summed E-state index contributed by atoms with van der Waals surface area (Å²) in [6.07, 6.45) is -0.434. The van der Waals surface area contributed by atoms with Crippen molar-refractivity contribution < 1.29 is 21.9 Å². The zero-order valence-corrected chi connectivity index (χ0v) is 13.0. The van der Waals surface area contributed by atoms with Gasteiger partial charge in [0.15, 0.2) is 0 Å². The first-order valence-electron chi connectivity index (χ1n) is 7.10. The zero-order chi connectivity index (χ0) is 16.4. The summed E-state index contributed by atoms with van der Waals surface area (Å²) in [7, 11) is -4.12. The average molecular weight is 339 g/mol. The number of nitrogens with zero attached hydrogens (tertiary/aromatic N) is 1. The second kappa shape index (κ2) is 6.35. The lowest BCUT2D eigenvalue weighted by Crippen LogP contribution is -2.42. The largest absolute Gasteiger partial charge is 0.371 e.